The van der Waals surface area contributed by atoms with Crippen molar-refractivity contribution >= 4 is 17.7 Å². The van der Waals surface area contributed by atoms with Crippen molar-refractivity contribution in [1.82, 2.24) is 5.32 Å². The molecular weight excluding hydrogens is 324 g/mol. The fourth-order valence-electron chi connectivity index (χ4n) is 4.23. The lowest BCUT2D eigenvalue weighted by Crippen LogP contribution is -2.58. The Kier molecular flexibility index (Phi) is 3.79. The molecule has 134 valence electrons. The van der Waals surface area contributed by atoms with Gasteiger partial charge in [-0.1, -0.05) is 50.3 Å². The van der Waals surface area contributed by atoms with E-state index in [1.165, 1.54) is 5.56 Å². The number of nitrogens with one attached hydrogen (secondary N) is 1. The fourth-order valence-corrected chi connectivity index (χ4v) is 4.23. The number of hydrogen-bond acceptors (Lipinski definition) is 3. The van der Waals surface area contributed by atoms with Gasteiger partial charge in [0.05, 0.1) is 13.2 Å². The third-order valence-corrected chi connectivity index (χ3v) is 5.56. The number of carbonyl (C=O) groups excluding carboxylic acids is 1. The van der Waals surface area contributed by atoms with Crippen LogP contribution in [0.15, 0.2) is 54.6 Å². The van der Waals surface area contributed by atoms with Gasteiger partial charge in [0.1, 0.15) is 11.4 Å². The molecule has 2 aliphatic heterocycles. The second kappa shape index (κ2) is 5.90. The van der Waals surface area contributed by atoms with E-state index >= 15 is 0 Å². The molecule has 1 saturated heterocycles. The van der Waals surface area contributed by atoms with Crippen molar-refractivity contribution in [2.45, 2.75) is 31.8 Å². The van der Waals surface area contributed by atoms with E-state index < -0.39 is 5.66 Å². The number of ether oxygens (including phenoxy) is 1. The molecular formula is C22H24N2O2. The smallest absolute Gasteiger partial charge is 0.241 e. The SMILES string of the molecule is CCOc1cccc(/C=C/[C@@]23NC(=O)CN2c2ccccc2C3(C)C)c1. The first-order valence-corrected chi connectivity index (χ1v) is 9.08. The van der Waals surface area contributed by atoms with Crippen molar-refractivity contribution in [3.05, 3.63) is 65.7 Å². The van der Waals surface area contributed by atoms with Crippen LogP contribution in [0, 0.1) is 0 Å². The lowest BCUT2D eigenvalue weighted by molar-refractivity contribution is -0.118. The fraction of sp³-hybridized carbons (Fsp3) is 0.318. The highest BCUT2D eigenvalue weighted by molar-refractivity contribution is 5.91. The topological polar surface area (TPSA) is 41.6 Å². The van der Waals surface area contributed by atoms with Gasteiger partial charge in [0, 0.05) is 11.1 Å². The van der Waals surface area contributed by atoms with Gasteiger partial charge < -0.3 is 15.0 Å². The zero-order valence-corrected chi connectivity index (χ0v) is 15.5. The van der Waals surface area contributed by atoms with Crippen LogP contribution in [0.4, 0.5) is 5.69 Å². The van der Waals surface area contributed by atoms with Crippen molar-refractivity contribution in [2.75, 3.05) is 18.1 Å². The molecule has 0 spiro atoms. The van der Waals surface area contributed by atoms with Gasteiger partial charge in [0.15, 0.2) is 0 Å². The number of fused-ring (bicyclic) bond motifs is 3. The Labute approximate surface area is 154 Å². The Morgan fingerprint density at radius 3 is 2.81 bits per heavy atom. The van der Waals surface area contributed by atoms with Gasteiger partial charge in [-0.3, -0.25) is 4.79 Å². The Hall–Kier alpha value is -2.75. The van der Waals surface area contributed by atoms with Crippen LogP contribution in [0.1, 0.15) is 31.9 Å². The number of anilines is 1. The molecule has 1 atom stereocenters. The number of rotatable bonds is 4. The van der Waals surface area contributed by atoms with Crippen LogP contribution in [-0.2, 0) is 10.2 Å². The van der Waals surface area contributed by atoms with Gasteiger partial charge in [-0.2, -0.15) is 0 Å². The average molecular weight is 348 g/mol. The summed E-state index contributed by atoms with van der Waals surface area (Å²) in [6.07, 6.45) is 4.21. The van der Waals surface area contributed by atoms with Crippen molar-refractivity contribution < 1.29 is 9.53 Å². The highest BCUT2D eigenvalue weighted by Crippen LogP contribution is 2.52. The number of benzene rings is 2. The van der Waals surface area contributed by atoms with Crippen LogP contribution in [0.3, 0.4) is 0 Å². The summed E-state index contributed by atoms with van der Waals surface area (Å²) in [7, 11) is 0. The highest BCUT2D eigenvalue weighted by atomic mass is 16.5. The van der Waals surface area contributed by atoms with E-state index in [1.54, 1.807) is 0 Å². The molecule has 1 N–H and O–H groups in total. The molecule has 1 fully saturated rings. The minimum absolute atomic E-state index is 0.0558. The summed E-state index contributed by atoms with van der Waals surface area (Å²) < 4.78 is 5.60. The predicted molar refractivity (Wildman–Crippen MR) is 104 cm³/mol. The van der Waals surface area contributed by atoms with Crippen molar-refractivity contribution in [3.8, 4) is 5.75 Å². The molecule has 2 aromatic rings. The summed E-state index contributed by atoms with van der Waals surface area (Å²) in [6, 6.07) is 16.4. The number of nitrogens with zero attached hydrogens (tertiary/aromatic N) is 1. The molecule has 0 saturated carbocycles. The van der Waals surface area contributed by atoms with E-state index in [0.29, 0.717) is 13.2 Å². The van der Waals surface area contributed by atoms with Gasteiger partial charge >= 0.3 is 0 Å². The summed E-state index contributed by atoms with van der Waals surface area (Å²) in [5.41, 5.74) is 2.63. The number of hydrogen-bond donors (Lipinski definition) is 1. The summed E-state index contributed by atoms with van der Waals surface area (Å²) in [5.74, 6) is 0.911. The molecule has 4 rings (SSSR count). The van der Waals surface area contributed by atoms with E-state index in [2.05, 4.69) is 54.4 Å². The summed E-state index contributed by atoms with van der Waals surface area (Å²) in [5, 5.41) is 3.25. The quantitative estimate of drug-likeness (QED) is 0.915. The van der Waals surface area contributed by atoms with Crippen LogP contribution in [0.5, 0.6) is 5.75 Å². The molecule has 2 aliphatic rings. The van der Waals surface area contributed by atoms with Crippen LogP contribution in [0.25, 0.3) is 6.08 Å². The summed E-state index contributed by atoms with van der Waals surface area (Å²) in [6.45, 7) is 7.38. The summed E-state index contributed by atoms with van der Waals surface area (Å²) >= 11 is 0. The monoisotopic (exact) mass is 348 g/mol. The van der Waals surface area contributed by atoms with Crippen LogP contribution >= 0.6 is 0 Å². The lowest BCUT2D eigenvalue weighted by Gasteiger charge is -2.40. The standard InChI is InChI=1S/C22H24N2O2/c1-4-26-17-9-7-8-16(14-17)12-13-22-21(2,3)18-10-5-6-11-19(18)24(22)15-20(25)23-22/h5-14H,4,15H2,1-3H3,(H,23,25)/b13-12+/t22-/m1/s1. The Morgan fingerprint density at radius 2 is 2.00 bits per heavy atom. The second-order valence-electron chi connectivity index (χ2n) is 7.38. The maximum atomic E-state index is 12.3. The number of para-hydroxylation sites is 1. The molecule has 0 aromatic heterocycles. The minimum atomic E-state index is -0.560. The van der Waals surface area contributed by atoms with E-state index in [0.717, 1.165) is 17.0 Å². The molecule has 0 radical (unpaired) electrons. The highest BCUT2D eigenvalue weighted by Gasteiger charge is 2.59. The van der Waals surface area contributed by atoms with Crippen molar-refractivity contribution in [2.24, 2.45) is 0 Å². The van der Waals surface area contributed by atoms with Gasteiger partial charge in [-0.15, -0.1) is 0 Å². The first-order valence-electron chi connectivity index (χ1n) is 9.08. The van der Waals surface area contributed by atoms with Gasteiger partial charge in [-0.25, -0.2) is 0 Å². The zero-order chi connectivity index (χ0) is 18.4. The first-order chi connectivity index (χ1) is 12.5. The molecule has 0 bridgehead atoms. The molecule has 2 aromatic carbocycles. The minimum Gasteiger partial charge on any atom is -0.494 e. The first kappa shape index (κ1) is 16.7. The molecule has 4 nitrogen and oxygen atoms in total. The predicted octanol–water partition coefficient (Wildman–Crippen LogP) is 3.72. The number of amides is 1. The number of carbonyl (C=O) groups is 1. The molecule has 1 amide bonds. The largest absolute Gasteiger partial charge is 0.494 e. The molecule has 4 heteroatoms. The van der Waals surface area contributed by atoms with E-state index in [1.807, 2.05) is 37.3 Å². The second-order valence-corrected chi connectivity index (χ2v) is 7.38. The molecule has 0 unspecified atom stereocenters. The Bertz CT molecular complexity index is 887. The van der Waals surface area contributed by atoms with Gasteiger partial charge in [0.25, 0.3) is 0 Å². The van der Waals surface area contributed by atoms with Gasteiger partial charge in [-0.05, 0) is 42.3 Å². The molecule has 0 aliphatic carbocycles. The molecule has 26 heavy (non-hydrogen) atoms. The maximum absolute atomic E-state index is 12.3. The third-order valence-electron chi connectivity index (χ3n) is 5.56. The van der Waals surface area contributed by atoms with Crippen molar-refractivity contribution in [1.29, 1.82) is 0 Å². The molecule has 2 heterocycles. The van der Waals surface area contributed by atoms with Crippen LogP contribution in [-0.4, -0.2) is 24.7 Å². The lowest BCUT2D eigenvalue weighted by atomic mass is 9.75. The van der Waals surface area contributed by atoms with E-state index in [4.69, 9.17) is 4.74 Å². The van der Waals surface area contributed by atoms with E-state index in [9.17, 15) is 4.79 Å². The zero-order valence-electron chi connectivity index (χ0n) is 15.5. The average Bonchev–Trinajstić information content (AvgIpc) is 3.06. The van der Waals surface area contributed by atoms with Gasteiger partial charge in [0.2, 0.25) is 5.91 Å². The van der Waals surface area contributed by atoms with Crippen molar-refractivity contribution in [3.63, 3.8) is 0 Å². The Morgan fingerprint density at radius 1 is 1.19 bits per heavy atom. The van der Waals surface area contributed by atoms with E-state index in [-0.39, 0.29) is 11.3 Å². The summed E-state index contributed by atoms with van der Waals surface area (Å²) in [4.78, 5) is 14.5. The van der Waals surface area contributed by atoms with Crippen LogP contribution in [0.2, 0.25) is 0 Å². The van der Waals surface area contributed by atoms with Crippen LogP contribution < -0.4 is 15.0 Å². The third kappa shape index (κ3) is 2.32. The maximum Gasteiger partial charge on any atom is 0.241 e. The normalized spacial score (nSPS) is 23.0. The Balaban J connectivity index is 1.76.